The van der Waals surface area contributed by atoms with E-state index < -0.39 is 23.6 Å². The van der Waals surface area contributed by atoms with Crippen LogP contribution in [0.2, 0.25) is 0 Å². The van der Waals surface area contributed by atoms with E-state index in [-0.39, 0.29) is 29.1 Å². The van der Waals surface area contributed by atoms with Crippen molar-refractivity contribution in [3.8, 4) is 5.75 Å². The van der Waals surface area contributed by atoms with Gasteiger partial charge in [-0.15, -0.1) is 0 Å². The minimum Gasteiger partial charge on any atom is -0.454 e. The first-order chi connectivity index (χ1) is 18.1. The molecule has 2 N–H and O–H groups in total. The number of rotatable bonds is 6. The standard InChI is InChI=1S/C27H26F4N4O3/c1-3-16-8-10-23(20-15-35(4-2)26(37)34-22(20)12-16)38-24-11-9-19(14-21(24)28)33-25(36)32-18-7-5-6-17(13-18)27(29,30)31/h5-11,13-14,16H,3-4,12,15H2,1-2H3,(H2,32,33,36). The van der Waals surface area contributed by atoms with Crippen molar-refractivity contribution in [1.29, 1.82) is 0 Å². The summed E-state index contributed by atoms with van der Waals surface area (Å²) in [5.41, 5.74) is 0.425. The summed E-state index contributed by atoms with van der Waals surface area (Å²) in [6, 6.07) is 6.79. The number of nitrogens with zero attached hydrogens (tertiary/aromatic N) is 2. The van der Waals surface area contributed by atoms with Crippen LogP contribution in [0.1, 0.15) is 32.3 Å². The number of fused-ring (bicyclic) bond motifs is 1. The molecule has 11 heteroatoms. The SMILES string of the molecule is CCC1C=CC(Oc2ccc(NC(=O)Nc3cccc(C(F)(F)F)c3)cc2F)=C2CN(CC)C(=O)N=C2C1. The molecule has 1 heterocycles. The number of aliphatic imine (C=N–C) groups is 1. The first-order valence-electron chi connectivity index (χ1n) is 12.1. The smallest absolute Gasteiger partial charge is 0.416 e. The van der Waals surface area contributed by atoms with Crippen LogP contribution in [0.4, 0.5) is 38.5 Å². The van der Waals surface area contributed by atoms with Gasteiger partial charge in [-0.2, -0.15) is 18.2 Å². The maximum Gasteiger partial charge on any atom is 0.416 e. The molecule has 1 aliphatic heterocycles. The summed E-state index contributed by atoms with van der Waals surface area (Å²) in [5, 5.41) is 4.69. The quantitative estimate of drug-likeness (QED) is 0.395. The Morgan fingerprint density at radius 1 is 1.13 bits per heavy atom. The molecule has 0 aromatic heterocycles. The molecule has 4 amide bonds. The first kappa shape index (κ1) is 26.9. The second kappa shape index (κ2) is 11.1. The van der Waals surface area contributed by atoms with Gasteiger partial charge in [0.25, 0.3) is 0 Å². The number of alkyl halides is 3. The largest absolute Gasteiger partial charge is 0.454 e. The number of carbonyl (C=O) groups is 2. The molecule has 4 rings (SSSR count). The lowest BCUT2D eigenvalue weighted by atomic mass is 9.96. The average molecular weight is 531 g/mol. The van der Waals surface area contributed by atoms with Crippen molar-refractivity contribution in [3.63, 3.8) is 0 Å². The van der Waals surface area contributed by atoms with E-state index in [0.717, 1.165) is 24.6 Å². The van der Waals surface area contributed by atoms with Gasteiger partial charge in [0.05, 0.1) is 17.8 Å². The van der Waals surface area contributed by atoms with Crippen molar-refractivity contribution in [2.24, 2.45) is 10.9 Å². The van der Waals surface area contributed by atoms with Gasteiger partial charge in [0.1, 0.15) is 5.76 Å². The number of amides is 4. The van der Waals surface area contributed by atoms with Gasteiger partial charge in [-0.05, 0) is 62.1 Å². The fraction of sp³-hybridized carbons (Fsp3) is 0.296. The van der Waals surface area contributed by atoms with E-state index in [4.69, 9.17) is 4.74 Å². The summed E-state index contributed by atoms with van der Waals surface area (Å²) in [4.78, 5) is 30.4. The molecule has 1 unspecified atom stereocenters. The van der Waals surface area contributed by atoms with Crippen molar-refractivity contribution in [2.45, 2.75) is 32.9 Å². The molecule has 2 aliphatic rings. The third kappa shape index (κ3) is 6.21. The van der Waals surface area contributed by atoms with Crippen molar-refractivity contribution < 1.29 is 31.9 Å². The third-order valence-corrected chi connectivity index (χ3v) is 6.23. The zero-order valence-corrected chi connectivity index (χ0v) is 20.7. The number of halogens is 4. The van der Waals surface area contributed by atoms with Gasteiger partial charge in [-0.3, -0.25) is 0 Å². The van der Waals surface area contributed by atoms with E-state index in [0.29, 0.717) is 36.6 Å². The lowest BCUT2D eigenvalue weighted by Gasteiger charge is -2.27. The lowest BCUT2D eigenvalue weighted by molar-refractivity contribution is -0.137. The summed E-state index contributed by atoms with van der Waals surface area (Å²) < 4.78 is 59.6. The number of nitrogens with one attached hydrogen (secondary N) is 2. The molecule has 200 valence electrons. The Kier molecular flexibility index (Phi) is 7.84. The molecule has 1 aliphatic carbocycles. The summed E-state index contributed by atoms with van der Waals surface area (Å²) >= 11 is 0. The maximum atomic E-state index is 15.0. The number of allylic oxidation sites excluding steroid dienone is 2. The molecular weight excluding hydrogens is 504 g/mol. The molecule has 2 aromatic carbocycles. The molecule has 0 spiro atoms. The Morgan fingerprint density at radius 3 is 2.53 bits per heavy atom. The highest BCUT2D eigenvalue weighted by molar-refractivity contribution is 6.09. The predicted molar refractivity (Wildman–Crippen MR) is 136 cm³/mol. The van der Waals surface area contributed by atoms with Crippen LogP contribution in [0.5, 0.6) is 5.75 Å². The lowest BCUT2D eigenvalue weighted by Crippen LogP contribution is -2.38. The van der Waals surface area contributed by atoms with Crippen LogP contribution in [0.15, 0.2) is 70.9 Å². The number of carbonyl (C=O) groups excluding carboxylic acids is 2. The van der Waals surface area contributed by atoms with Crippen LogP contribution in [-0.4, -0.2) is 35.8 Å². The van der Waals surface area contributed by atoms with Crippen LogP contribution < -0.4 is 15.4 Å². The monoisotopic (exact) mass is 530 g/mol. The Bertz CT molecular complexity index is 1330. The van der Waals surface area contributed by atoms with Gasteiger partial charge in [0, 0.05) is 29.6 Å². The van der Waals surface area contributed by atoms with E-state index in [1.807, 2.05) is 19.9 Å². The molecular formula is C27H26F4N4O3. The maximum absolute atomic E-state index is 15.0. The van der Waals surface area contributed by atoms with E-state index in [1.54, 1.807) is 11.0 Å². The number of benzene rings is 2. The number of urea groups is 2. The highest BCUT2D eigenvalue weighted by atomic mass is 19.4. The zero-order chi connectivity index (χ0) is 27.4. The van der Waals surface area contributed by atoms with Crippen LogP contribution in [0, 0.1) is 11.7 Å². The molecule has 0 bridgehead atoms. The number of hydrogen-bond acceptors (Lipinski definition) is 3. The minimum atomic E-state index is -4.55. The molecule has 0 saturated carbocycles. The first-order valence-corrected chi connectivity index (χ1v) is 12.1. The molecule has 0 fully saturated rings. The van der Waals surface area contributed by atoms with E-state index in [1.165, 1.54) is 24.3 Å². The third-order valence-electron chi connectivity index (χ3n) is 6.23. The predicted octanol–water partition coefficient (Wildman–Crippen LogP) is 7.00. The second-order valence-electron chi connectivity index (χ2n) is 8.83. The summed E-state index contributed by atoms with van der Waals surface area (Å²) in [6.45, 7) is 4.62. The van der Waals surface area contributed by atoms with Crippen molar-refractivity contribution in [2.75, 3.05) is 23.7 Å². The van der Waals surface area contributed by atoms with Gasteiger partial charge >= 0.3 is 18.2 Å². The summed E-state index contributed by atoms with van der Waals surface area (Å²) in [6.07, 6.45) is 0.575. The van der Waals surface area contributed by atoms with Crippen LogP contribution in [0.25, 0.3) is 0 Å². The van der Waals surface area contributed by atoms with E-state index in [9.17, 15) is 27.2 Å². The second-order valence-corrected chi connectivity index (χ2v) is 8.83. The Labute approximate surface area is 216 Å². The van der Waals surface area contributed by atoms with Crippen molar-refractivity contribution in [3.05, 3.63) is 77.3 Å². The average Bonchev–Trinajstić information content (AvgIpc) is 3.03. The highest BCUT2D eigenvalue weighted by Crippen LogP contribution is 2.32. The topological polar surface area (TPSA) is 83.0 Å². The van der Waals surface area contributed by atoms with Gasteiger partial charge in [0.15, 0.2) is 11.6 Å². The summed E-state index contributed by atoms with van der Waals surface area (Å²) in [5.74, 6) is -0.335. The van der Waals surface area contributed by atoms with Gasteiger partial charge < -0.3 is 20.3 Å². The minimum absolute atomic E-state index is 0.0683. The molecule has 0 saturated heterocycles. The number of ether oxygens (including phenoxy) is 1. The Balaban J connectivity index is 1.51. The van der Waals surface area contributed by atoms with Crippen LogP contribution in [0.3, 0.4) is 0 Å². The molecule has 2 aromatic rings. The fourth-order valence-corrected chi connectivity index (χ4v) is 4.10. The number of likely N-dealkylation sites (N-methyl/N-ethyl adjacent to an activating group) is 1. The van der Waals surface area contributed by atoms with Crippen molar-refractivity contribution >= 4 is 29.1 Å². The van der Waals surface area contributed by atoms with Gasteiger partial charge in [-0.1, -0.05) is 19.1 Å². The van der Waals surface area contributed by atoms with Gasteiger partial charge in [-0.25, -0.2) is 14.0 Å². The molecule has 38 heavy (non-hydrogen) atoms. The normalized spacial score (nSPS) is 17.5. The number of anilines is 2. The molecule has 1 atom stereocenters. The van der Waals surface area contributed by atoms with E-state index >= 15 is 0 Å². The molecule has 0 radical (unpaired) electrons. The summed E-state index contributed by atoms with van der Waals surface area (Å²) in [7, 11) is 0. The number of hydrogen-bond donors (Lipinski definition) is 2. The Hall–Kier alpha value is -4.15. The highest BCUT2D eigenvalue weighted by Gasteiger charge is 2.31. The van der Waals surface area contributed by atoms with E-state index in [2.05, 4.69) is 15.6 Å². The zero-order valence-electron chi connectivity index (χ0n) is 20.7. The van der Waals surface area contributed by atoms with Gasteiger partial charge in [0.2, 0.25) is 0 Å². The fourth-order valence-electron chi connectivity index (χ4n) is 4.10. The van der Waals surface area contributed by atoms with Crippen molar-refractivity contribution in [1.82, 2.24) is 4.90 Å². The van der Waals surface area contributed by atoms with Crippen LogP contribution in [-0.2, 0) is 6.18 Å². The Morgan fingerprint density at radius 2 is 1.87 bits per heavy atom. The molecule has 7 nitrogen and oxygen atoms in total. The van der Waals surface area contributed by atoms with Crippen LogP contribution >= 0.6 is 0 Å².